The van der Waals surface area contributed by atoms with Gasteiger partial charge in [-0.3, -0.25) is 4.18 Å². The van der Waals surface area contributed by atoms with Crippen LogP contribution in [0.5, 0.6) is 0 Å². The number of hydrogen-bond donors (Lipinski definition) is 0. The van der Waals surface area contributed by atoms with Gasteiger partial charge in [0.15, 0.2) is 8.32 Å². The van der Waals surface area contributed by atoms with Crippen molar-refractivity contribution in [3.8, 4) is 0 Å². The molecule has 2 aromatic carbocycles. The second-order valence-electron chi connectivity index (χ2n) is 10.7. The zero-order valence-electron chi connectivity index (χ0n) is 21.8. The molecule has 0 aliphatic heterocycles. The van der Waals surface area contributed by atoms with Crippen LogP contribution in [-0.2, 0) is 30.1 Å². The minimum atomic E-state index is -3.73. The van der Waals surface area contributed by atoms with E-state index in [-0.39, 0.29) is 28.7 Å². The van der Waals surface area contributed by atoms with Gasteiger partial charge in [0, 0.05) is 0 Å². The third-order valence-corrected chi connectivity index (χ3v) is 12.4. The maximum Gasteiger partial charge on any atom is 0.296 e. The lowest BCUT2D eigenvalue weighted by Gasteiger charge is -2.39. The number of ether oxygens (including phenoxy) is 1. The van der Waals surface area contributed by atoms with Crippen molar-refractivity contribution in [2.24, 2.45) is 5.92 Å². The Morgan fingerprint density at radius 1 is 0.912 bits per heavy atom. The van der Waals surface area contributed by atoms with Crippen LogP contribution in [0.25, 0.3) is 0 Å². The zero-order valence-corrected chi connectivity index (χ0v) is 23.7. The van der Waals surface area contributed by atoms with Gasteiger partial charge in [-0.25, -0.2) is 0 Å². The minimum Gasteiger partial charge on any atom is -0.392 e. The van der Waals surface area contributed by atoms with Gasteiger partial charge in [-0.2, -0.15) is 8.42 Å². The molecule has 0 aliphatic carbocycles. The highest BCUT2D eigenvalue weighted by Crippen LogP contribution is 2.38. The number of aryl methyl sites for hydroxylation is 1. The van der Waals surface area contributed by atoms with Gasteiger partial charge in [0.2, 0.25) is 0 Å². The first-order chi connectivity index (χ1) is 15.8. The zero-order chi connectivity index (χ0) is 25.4. The first kappa shape index (κ1) is 28.7. The summed E-state index contributed by atoms with van der Waals surface area (Å²) < 4.78 is 42.9. The molecule has 0 aliphatic rings. The van der Waals surface area contributed by atoms with Crippen molar-refractivity contribution in [3.63, 3.8) is 0 Å². The molecule has 2 rings (SSSR count). The highest BCUT2D eigenvalue weighted by Gasteiger charge is 2.39. The molecule has 34 heavy (non-hydrogen) atoms. The normalized spacial score (nSPS) is 14.7. The van der Waals surface area contributed by atoms with Crippen molar-refractivity contribution in [3.05, 3.63) is 65.7 Å². The molecule has 5 nitrogen and oxygen atoms in total. The molecule has 0 amide bonds. The molecule has 0 radical (unpaired) electrons. The molecule has 0 spiro atoms. The van der Waals surface area contributed by atoms with Gasteiger partial charge in [0.1, 0.15) is 6.29 Å². The van der Waals surface area contributed by atoms with Gasteiger partial charge < -0.3 is 9.16 Å². The Morgan fingerprint density at radius 2 is 1.53 bits per heavy atom. The average Bonchev–Trinajstić information content (AvgIpc) is 2.75. The van der Waals surface area contributed by atoms with E-state index in [1.165, 1.54) is 0 Å². The van der Waals surface area contributed by atoms with E-state index in [9.17, 15) is 8.42 Å². The Bertz CT molecular complexity index is 966. The Kier molecular flexibility index (Phi) is 10.5. The molecule has 0 heterocycles. The summed E-state index contributed by atoms with van der Waals surface area (Å²) in [5.41, 5.74) is 2.13. The highest BCUT2D eigenvalue weighted by atomic mass is 32.2. The quantitative estimate of drug-likeness (QED) is 0.165. The minimum absolute atomic E-state index is 0.0884. The van der Waals surface area contributed by atoms with Crippen molar-refractivity contribution in [2.75, 3.05) is 6.61 Å². The summed E-state index contributed by atoms with van der Waals surface area (Å²) in [7, 11) is -5.73. The fourth-order valence-corrected chi connectivity index (χ4v) is 5.26. The Hall–Kier alpha value is -1.51. The molecule has 2 aromatic rings. The summed E-state index contributed by atoms with van der Waals surface area (Å²) in [6, 6.07) is 16.8. The topological polar surface area (TPSA) is 61.8 Å². The molecule has 0 fully saturated rings. The Labute approximate surface area is 208 Å². The van der Waals surface area contributed by atoms with Gasteiger partial charge in [-0.1, -0.05) is 75.7 Å². The molecule has 190 valence electrons. The summed E-state index contributed by atoms with van der Waals surface area (Å²) in [5.74, 6) is 0.277. The lowest BCUT2D eigenvalue weighted by molar-refractivity contribution is -0.104. The second kappa shape index (κ2) is 12.4. The molecular weight excluding hydrogens is 464 g/mol. The van der Waals surface area contributed by atoms with Crippen molar-refractivity contribution in [1.82, 2.24) is 0 Å². The van der Waals surface area contributed by atoms with Gasteiger partial charge >= 0.3 is 0 Å². The highest BCUT2D eigenvalue weighted by molar-refractivity contribution is 7.86. The van der Waals surface area contributed by atoms with E-state index in [4.69, 9.17) is 13.3 Å². The molecule has 7 heteroatoms. The molecule has 0 saturated heterocycles. The lowest BCUT2D eigenvalue weighted by Crippen LogP contribution is -2.44. The maximum absolute atomic E-state index is 12.4. The third-order valence-electron chi connectivity index (χ3n) is 6.56. The number of hydrogen-bond acceptors (Lipinski definition) is 5. The van der Waals surface area contributed by atoms with Crippen LogP contribution in [0.4, 0.5) is 0 Å². The molecule has 0 bridgehead atoms. The van der Waals surface area contributed by atoms with Crippen molar-refractivity contribution < 1.29 is 21.8 Å². The smallest absolute Gasteiger partial charge is 0.296 e. The van der Waals surface area contributed by atoms with Gasteiger partial charge in [-0.15, -0.1) is 0 Å². The molecular formula is C27H42O5SSi. The first-order valence-corrected chi connectivity index (χ1v) is 16.4. The summed E-state index contributed by atoms with van der Waals surface area (Å²) in [6.07, 6.45) is 1.98. The second-order valence-corrected chi connectivity index (χ2v) is 17.0. The molecule has 0 aromatic heterocycles. The predicted octanol–water partition coefficient (Wildman–Crippen LogP) is 7.07. The van der Waals surface area contributed by atoms with E-state index in [1.807, 2.05) is 25.1 Å². The van der Waals surface area contributed by atoms with Crippen LogP contribution in [0.2, 0.25) is 18.1 Å². The lowest BCUT2D eigenvalue weighted by atomic mass is 10.0. The van der Waals surface area contributed by atoms with E-state index < -0.39 is 18.4 Å². The van der Waals surface area contributed by atoms with Crippen LogP contribution >= 0.6 is 0 Å². The summed E-state index contributed by atoms with van der Waals surface area (Å²) in [5, 5.41) is 0.0884. The third kappa shape index (κ3) is 9.27. The van der Waals surface area contributed by atoms with E-state index in [2.05, 4.69) is 52.9 Å². The average molecular weight is 507 g/mol. The molecule has 1 unspecified atom stereocenters. The Balaban J connectivity index is 1.89. The van der Waals surface area contributed by atoms with Crippen LogP contribution in [0.15, 0.2) is 59.5 Å². The van der Waals surface area contributed by atoms with E-state index in [0.29, 0.717) is 13.0 Å². The van der Waals surface area contributed by atoms with Crippen LogP contribution in [-0.4, -0.2) is 29.6 Å². The van der Waals surface area contributed by atoms with Crippen LogP contribution in [0.1, 0.15) is 58.1 Å². The Morgan fingerprint density at radius 3 is 2.12 bits per heavy atom. The summed E-state index contributed by atoms with van der Waals surface area (Å²) >= 11 is 0. The fraction of sp³-hybridized carbons (Fsp3) is 0.556. The standard InChI is InChI=1S/C27H42O5SSi/c1-22-13-16-25(17-14-22)33(28,29)31-20-19-23(2)15-18-26(32-34(6,7)27(3,4)5)30-21-24-11-9-8-10-12-24/h8-14,16-17,23,26H,15,18-21H2,1-7H3/t23-,26?/m1/s1. The van der Waals surface area contributed by atoms with Crippen molar-refractivity contribution in [2.45, 2.75) is 89.8 Å². The largest absolute Gasteiger partial charge is 0.392 e. The van der Waals surface area contributed by atoms with E-state index >= 15 is 0 Å². The number of rotatable bonds is 13. The summed E-state index contributed by atoms with van der Waals surface area (Å²) in [4.78, 5) is 0.197. The first-order valence-electron chi connectivity index (χ1n) is 12.1. The van der Waals surface area contributed by atoms with E-state index in [0.717, 1.165) is 24.0 Å². The SMILES string of the molecule is Cc1ccc(S(=O)(=O)OCC[C@H](C)CCC(OCc2ccccc2)O[Si](C)(C)C(C)(C)C)cc1. The maximum atomic E-state index is 12.4. The van der Waals surface area contributed by atoms with Crippen molar-refractivity contribution in [1.29, 1.82) is 0 Å². The molecule has 0 N–H and O–H groups in total. The molecule has 2 atom stereocenters. The van der Waals surface area contributed by atoms with E-state index in [1.54, 1.807) is 24.3 Å². The van der Waals surface area contributed by atoms with Crippen LogP contribution in [0.3, 0.4) is 0 Å². The monoisotopic (exact) mass is 506 g/mol. The predicted molar refractivity (Wildman–Crippen MR) is 141 cm³/mol. The van der Waals surface area contributed by atoms with Crippen LogP contribution in [0, 0.1) is 12.8 Å². The number of benzene rings is 2. The van der Waals surface area contributed by atoms with Gasteiger partial charge in [0.25, 0.3) is 10.1 Å². The van der Waals surface area contributed by atoms with Gasteiger partial charge in [-0.05, 0) is 67.9 Å². The van der Waals surface area contributed by atoms with Gasteiger partial charge in [0.05, 0.1) is 18.1 Å². The fourth-order valence-electron chi connectivity index (χ4n) is 3.14. The molecule has 0 saturated carbocycles. The summed E-state index contributed by atoms with van der Waals surface area (Å²) in [6.45, 7) is 15.8. The van der Waals surface area contributed by atoms with Crippen LogP contribution < -0.4 is 0 Å². The van der Waals surface area contributed by atoms with Crippen molar-refractivity contribution >= 4 is 18.4 Å².